The smallest absolute Gasteiger partial charge is 0.411 e. The number of fused-ring (bicyclic) bond motifs is 2. The molecule has 2 aromatic carbocycles. The summed E-state index contributed by atoms with van der Waals surface area (Å²) in [7, 11) is 0. The fourth-order valence-electron chi connectivity index (χ4n) is 6.98. The van der Waals surface area contributed by atoms with E-state index in [1.807, 2.05) is 63.4 Å². The Morgan fingerprint density at radius 1 is 1.00 bits per heavy atom. The van der Waals surface area contributed by atoms with E-state index in [0.29, 0.717) is 31.6 Å². The number of amides is 2. The molecule has 13 nitrogen and oxygen atoms in total. The molecular weight excluding hydrogens is 665 g/mol. The van der Waals surface area contributed by atoms with Gasteiger partial charge in [0.15, 0.2) is 5.65 Å². The maximum absolute atomic E-state index is 13.8. The number of para-hydroxylation sites is 1. The SMILES string of the molecule is CC(C)(C)OC(=O)N1CC(n2cc(-c3ccc(-c4ccccc4)s3)nn2)C[C@@H]1C(=O)NCCC1CN(c2ncnc3[nH]ncc23)c2ccccc21. The van der Waals surface area contributed by atoms with Crippen molar-refractivity contribution in [1.29, 1.82) is 0 Å². The van der Waals surface area contributed by atoms with Gasteiger partial charge in [-0.1, -0.05) is 53.7 Å². The molecular formula is C37H38N10O3S. The van der Waals surface area contributed by atoms with Crippen molar-refractivity contribution >= 4 is 45.9 Å². The topological polar surface area (TPSA) is 147 Å². The van der Waals surface area contributed by atoms with Gasteiger partial charge in [0.2, 0.25) is 5.91 Å². The number of likely N-dealkylation sites (tertiary alicyclic amines) is 1. The molecule has 4 aromatic heterocycles. The standard InChI is InChI=1S/C37H38N10O3S/c1-37(2,3)50-36(49)46-20-25(47-21-28(42-44-47)32-14-13-31(51-32)23-9-5-4-6-10-23)17-30(46)35(48)38-16-15-24-19-45(29-12-8-7-11-26(24)29)34-27-18-41-43-33(27)39-22-40-34/h4-14,18,21-22,24-25,30H,15-17,19-20H2,1-3H3,(H,38,48)(H,39,40,41,43)/t24?,25?,30-/m1/s1. The second-order valence-corrected chi connectivity index (χ2v) is 15.0. The highest BCUT2D eigenvalue weighted by atomic mass is 32.1. The number of carbonyl (C=O) groups excluding carboxylic acids is 2. The van der Waals surface area contributed by atoms with E-state index in [9.17, 15) is 9.59 Å². The highest BCUT2D eigenvalue weighted by Crippen LogP contribution is 2.43. The second-order valence-electron chi connectivity index (χ2n) is 13.9. The molecule has 260 valence electrons. The lowest BCUT2D eigenvalue weighted by Gasteiger charge is -2.28. The predicted octanol–water partition coefficient (Wildman–Crippen LogP) is 6.33. The molecule has 51 heavy (non-hydrogen) atoms. The van der Waals surface area contributed by atoms with Crippen LogP contribution in [0.5, 0.6) is 0 Å². The molecule has 2 amide bonds. The van der Waals surface area contributed by atoms with Gasteiger partial charge in [0.1, 0.15) is 29.5 Å². The summed E-state index contributed by atoms with van der Waals surface area (Å²) in [5, 5.41) is 20.0. The van der Waals surface area contributed by atoms with Gasteiger partial charge in [-0.3, -0.25) is 14.8 Å². The number of nitrogens with zero attached hydrogens (tertiary/aromatic N) is 8. The lowest BCUT2D eigenvalue weighted by Crippen LogP contribution is -2.47. The molecule has 2 unspecified atom stereocenters. The van der Waals surface area contributed by atoms with Crippen molar-refractivity contribution in [1.82, 2.24) is 45.4 Å². The first kappa shape index (κ1) is 32.6. The summed E-state index contributed by atoms with van der Waals surface area (Å²) >= 11 is 1.65. The first-order valence-corrected chi connectivity index (χ1v) is 17.9. The van der Waals surface area contributed by atoms with E-state index in [4.69, 9.17) is 4.74 Å². The third-order valence-corrected chi connectivity index (χ3v) is 10.5. The van der Waals surface area contributed by atoms with Crippen molar-refractivity contribution in [3.05, 3.63) is 91.0 Å². The zero-order valence-corrected chi connectivity index (χ0v) is 29.4. The van der Waals surface area contributed by atoms with Crippen molar-refractivity contribution in [3.63, 3.8) is 0 Å². The van der Waals surface area contributed by atoms with Crippen LogP contribution in [0.15, 0.2) is 85.5 Å². The minimum absolute atomic E-state index is 0.157. The van der Waals surface area contributed by atoms with Gasteiger partial charge in [-0.05, 0) is 56.5 Å². The van der Waals surface area contributed by atoms with Gasteiger partial charge < -0.3 is 15.0 Å². The van der Waals surface area contributed by atoms with Gasteiger partial charge in [-0.2, -0.15) is 5.10 Å². The van der Waals surface area contributed by atoms with Crippen LogP contribution in [0, 0.1) is 0 Å². The molecule has 6 heterocycles. The summed E-state index contributed by atoms with van der Waals surface area (Å²) < 4.78 is 7.52. The Kier molecular flexibility index (Phi) is 8.46. The summed E-state index contributed by atoms with van der Waals surface area (Å²) in [6.45, 7) is 6.89. The zero-order valence-electron chi connectivity index (χ0n) is 28.6. The summed E-state index contributed by atoms with van der Waals surface area (Å²) in [4.78, 5) is 42.0. The number of anilines is 2. The largest absolute Gasteiger partial charge is 0.444 e. The number of hydrogen-bond donors (Lipinski definition) is 2. The number of thiophene rings is 1. The number of H-pyrrole nitrogens is 1. The van der Waals surface area contributed by atoms with Crippen LogP contribution >= 0.6 is 11.3 Å². The van der Waals surface area contributed by atoms with Gasteiger partial charge in [-0.15, -0.1) is 16.4 Å². The Hall–Kier alpha value is -5.63. The van der Waals surface area contributed by atoms with E-state index >= 15 is 0 Å². The fourth-order valence-corrected chi connectivity index (χ4v) is 7.94. The third-order valence-electron chi connectivity index (χ3n) is 9.36. The Bertz CT molecular complexity index is 2190. The minimum atomic E-state index is -0.716. The number of aromatic amines is 1. The van der Waals surface area contributed by atoms with Crippen molar-refractivity contribution in [2.75, 3.05) is 24.5 Å². The summed E-state index contributed by atoms with van der Waals surface area (Å²) in [6.07, 6.45) is 5.77. The molecule has 3 atom stereocenters. The first-order valence-electron chi connectivity index (χ1n) is 17.1. The maximum atomic E-state index is 13.8. The van der Waals surface area contributed by atoms with Crippen molar-refractivity contribution in [3.8, 4) is 21.0 Å². The van der Waals surface area contributed by atoms with Crippen LogP contribution in [0.4, 0.5) is 16.3 Å². The average molecular weight is 703 g/mol. The zero-order chi connectivity index (χ0) is 35.1. The molecule has 1 saturated heterocycles. The molecule has 14 heteroatoms. The van der Waals surface area contributed by atoms with Gasteiger partial charge >= 0.3 is 6.09 Å². The first-order chi connectivity index (χ1) is 24.7. The molecule has 1 fully saturated rings. The normalized spacial score (nSPS) is 18.7. The molecule has 2 N–H and O–H groups in total. The quantitative estimate of drug-likeness (QED) is 0.186. The summed E-state index contributed by atoms with van der Waals surface area (Å²) in [5.41, 5.74) is 4.15. The van der Waals surface area contributed by atoms with Crippen LogP contribution in [-0.2, 0) is 9.53 Å². The number of carbonyl (C=O) groups is 2. The summed E-state index contributed by atoms with van der Waals surface area (Å²) in [6, 6.07) is 21.7. The highest BCUT2D eigenvalue weighted by Gasteiger charge is 2.43. The van der Waals surface area contributed by atoms with Crippen LogP contribution < -0.4 is 10.2 Å². The van der Waals surface area contributed by atoms with Crippen LogP contribution in [0.25, 0.3) is 32.0 Å². The molecule has 6 aromatic rings. The fraction of sp³-hybridized carbons (Fsp3) is 0.324. The Morgan fingerprint density at radius 2 is 1.80 bits per heavy atom. The molecule has 0 bridgehead atoms. The van der Waals surface area contributed by atoms with Crippen LogP contribution in [0.2, 0.25) is 0 Å². The monoisotopic (exact) mass is 702 g/mol. The second kappa shape index (κ2) is 13.2. The Labute approximate surface area is 298 Å². The van der Waals surface area contributed by atoms with Crippen molar-refractivity contribution < 1.29 is 14.3 Å². The molecule has 2 aliphatic heterocycles. The maximum Gasteiger partial charge on any atom is 0.411 e. The van der Waals surface area contributed by atoms with E-state index < -0.39 is 17.7 Å². The van der Waals surface area contributed by atoms with Gasteiger partial charge in [0.25, 0.3) is 0 Å². The number of benzene rings is 2. The van der Waals surface area contributed by atoms with Crippen LogP contribution in [0.3, 0.4) is 0 Å². The van der Waals surface area contributed by atoms with Gasteiger partial charge in [0.05, 0.1) is 28.7 Å². The van der Waals surface area contributed by atoms with E-state index in [1.165, 1.54) is 10.5 Å². The Morgan fingerprint density at radius 3 is 2.65 bits per heavy atom. The van der Waals surface area contributed by atoms with Gasteiger partial charge in [0, 0.05) is 42.5 Å². The number of aromatic nitrogens is 7. The molecule has 2 aliphatic rings. The number of rotatable bonds is 8. The van der Waals surface area contributed by atoms with Crippen LogP contribution in [-0.4, -0.2) is 83.3 Å². The van der Waals surface area contributed by atoms with Crippen molar-refractivity contribution in [2.24, 2.45) is 0 Å². The Balaban J connectivity index is 0.958. The van der Waals surface area contributed by atoms with E-state index in [-0.39, 0.29) is 24.4 Å². The third kappa shape index (κ3) is 6.54. The van der Waals surface area contributed by atoms with E-state index in [1.54, 1.807) is 28.5 Å². The average Bonchev–Trinajstić information content (AvgIpc) is 3.96. The van der Waals surface area contributed by atoms with Crippen molar-refractivity contribution in [2.45, 2.75) is 57.2 Å². The molecule has 8 rings (SSSR count). The molecule has 0 aliphatic carbocycles. The lowest BCUT2D eigenvalue weighted by molar-refractivity contribution is -0.125. The minimum Gasteiger partial charge on any atom is -0.444 e. The van der Waals surface area contributed by atoms with Crippen LogP contribution in [0.1, 0.15) is 51.1 Å². The molecule has 0 saturated carbocycles. The van der Waals surface area contributed by atoms with Gasteiger partial charge in [-0.25, -0.2) is 19.4 Å². The number of nitrogens with one attached hydrogen (secondary N) is 2. The van der Waals surface area contributed by atoms with E-state index in [2.05, 4.69) is 71.0 Å². The molecule has 0 spiro atoms. The lowest BCUT2D eigenvalue weighted by atomic mass is 9.98. The highest BCUT2D eigenvalue weighted by molar-refractivity contribution is 7.18. The number of ether oxygens (including phenoxy) is 1. The predicted molar refractivity (Wildman–Crippen MR) is 195 cm³/mol. The molecule has 0 radical (unpaired) electrons. The number of hydrogen-bond acceptors (Lipinski definition) is 10. The summed E-state index contributed by atoms with van der Waals surface area (Å²) in [5.74, 6) is 0.739. The van der Waals surface area contributed by atoms with E-state index in [0.717, 1.165) is 37.9 Å².